The van der Waals surface area contributed by atoms with E-state index in [1.165, 1.54) is 16.3 Å². The van der Waals surface area contributed by atoms with Gasteiger partial charge in [-0.25, -0.2) is 0 Å². The van der Waals surface area contributed by atoms with Crippen LogP contribution in [0.25, 0.3) is 10.8 Å². The number of rotatable bonds is 7. The van der Waals surface area contributed by atoms with Crippen molar-refractivity contribution in [1.29, 1.82) is 0 Å². The Balaban J connectivity index is 1.96. The zero-order valence-corrected chi connectivity index (χ0v) is 12.5. The van der Waals surface area contributed by atoms with Crippen molar-refractivity contribution in [3.05, 3.63) is 48.0 Å². The molecule has 0 aromatic heterocycles. The number of fused-ring (bicyclic) bond motifs is 1. The molecular formula is C18H25NO. The van der Waals surface area contributed by atoms with Gasteiger partial charge in [0.1, 0.15) is 0 Å². The number of nitrogens with one attached hydrogen (secondary N) is 1. The van der Waals surface area contributed by atoms with Crippen LogP contribution < -0.4 is 5.32 Å². The zero-order chi connectivity index (χ0) is 14.4. The van der Waals surface area contributed by atoms with E-state index in [0.717, 1.165) is 25.9 Å². The number of aliphatic hydroxyl groups excluding tert-OH is 1. The summed E-state index contributed by atoms with van der Waals surface area (Å²) in [7, 11) is 0. The lowest BCUT2D eigenvalue weighted by atomic mass is 9.88. The van der Waals surface area contributed by atoms with Gasteiger partial charge in [0.2, 0.25) is 0 Å². The predicted octanol–water partition coefficient (Wildman–Crippen LogP) is 3.73. The summed E-state index contributed by atoms with van der Waals surface area (Å²) in [5.41, 5.74) is 1.58. The topological polar surface area (TPSA) is 32.3 Å². The SMILES string of the molecule is CC(C)(CCCO)CNCc1cccc2ccccc12. The fourth-order valence-corrected chi connectivity index (χ4v) is 2.63. The molecule has 0 unspecified atom stereocenters. The van der Waals surface area contributed by atoms with Gasteiger partial charge in [0.05, 0.1) is 0 Å². The second-order valence-corrected chi connectivity index (χ2v) is 6.23. The lowest BCUT2D eigenvalue weighted by Gasteiger charge is -2.25. The Morgan fingerprint density at radius 1 is 1.05 bits per heavy atom. The van der Waals surface area contributed by atoms with Crippen molar-refractivity contribution in [2.75, 3.05) is 13.2 Å². The van der Waals surface area contributed by atoms with E-state index in [-0.39, 0.29) is 12.0 Å². The molecule has 108 valence electrons. The maximum Gasteiger partial charge on any atom is 0.0431 e. The minimum absolute atomic E-state index is 0.229. The van der Waals surface area contributed by atoms with Gasteiger partial charge in [0, 0.05) is 19.7 Å². The third-order valence-corrected chi connectivity index (χ3v) is 3.81. The number of aliphatic hydroxyl groups is 1. The summed E-state index contributed by atoms with van der Waals surface area (Å²) in [4.78, 5) is 0. The van der Waals surface area contributed by atoms with Gasteiger partial charge in [-0.1, -0.05) is 56.3 Å². The molecule has 20 heavy (non-hydrogen) atoms. The molecule has 0 heterocycles. The molecule has 0 bridgehead atoms. The second-order valence-electron chi connectivity index (χ2n) is 6.23. The van der Waals surface area contributed by atoms with E-state index in [2.05, 4.69) is 61.6 Å². The molecule has 0 aliphatic heterocycles. The Morgan fingerprint density at radius 3 is 2.60 bits per heavy atom. The summed E-state index contributed by atoms with van der Waals surface area (Å²) >= 11 is 0. The van der Waals surface area contributed by atoms with Crippen molar-refractivity contribution in [2.45, 2.75) is 33.2 Å². The summed E-state index contributed by atoms with van der Waals surface area (Å²) in [6.07, 6.45) is 1.93. The molecule has 0 saturated carbocycles. The Bertz CT molecular complexity index is 543. The van der Waals surface area contributed by atoms with Crippen LogP contribution in [0.2, 0.25) is 0 Å². The summed E-state index contributed by atoms with van der Waals surface area (Å²) < 4.78 is 0. The average Bonchev–Trinajstić information content (AvgIpc) is 2.45. The first kappa shape index (κ1) is 15.0. The van der Waals surface area contributed by atoms with Crippen molar-refractivity contribution in [1.82, 2.24) is 5.32 Å². The van der Waals surface area contributed by atoms with Crippen LogP contribution in [0.4, 0.5) is 0 Å². The van der Waals surface area contributed by atoms with Crippen LogP contribution in [0.1, 0.15) is 32.3 Å². The first-order valence-electron chi connectivity index (χ1n) is 7.41. The highest BCUT2D eigenvalue weighted by Crippen LogP contribution is 2.22. The van der Waals surface area contributed by atoms with Crippen LogP contribution in [0, 0.1) is 5.41 Å². The molecule has 2 aromatic carbocycles. The third kappa shape index (κ3) is 4.06. The molecule has 0 amide bonds. The van der Waals surface area contributed by atoms with Gasteiger partial charge in [0.15, 0.2) is 0 Å². The van der Waals surface area contributed by atoms with E-state index < -0.39 is 0 Å². The first-order chi connectivity index (χ1) is 9.62. The molecule has 0 spiro atoms. The highest BCUT2D eigenvalue weighted by Gasteiger charge is 2.16. The molecule has 2 N–H and O–H groups in total. The summed E-state index contributed by atoms with van der Waals surface area (Å²) in [5, 5.41) is 15.1. The molecule has 2 aromatic rings. The maximum absolute atomic E-state index is 8.93. The van der Waals surface area contributed by atoms with E-state index in [4.69, 9.17) is 5.11 Å². The highest BCUT2D eigenvalue weighted by molar-refractivity contribution is 5.85. The summed E-state index contributed by atoms with van der Waals surface area (Å²) in [6, 6.07) is 15.0. The van der Waals surface area contributed by atoms with Crippen molar-refractivity contribution < 1.29 is 5.11 Å². The minimum atomic E-state index is 0.229. The molecule has 2 rings (SSSR count). The Kier molecular flexibility index (Phi) is 5.16. The van der Waals surface area contributed by atoms with Gasteiger partial charge in [-0.3, -0.25) is 0 Å². The quantitative estimate of drug-likeness (QED) is 0.804. The van der Waals surface area contributed by atoms with Crippen LogP contribution in [-0.2, 0) is 6.54 Å². The normalized spacial score (nSPS) is 11.9. The fourth-order valence-electron chi connectivity index (χ4n) is 2.63. The standard InChI is InChI=1S/C18H25NO/c1-18(2,11-6-12-20)14-19-13-16-9-5-8-15-7-3-4-10-17(15)16/h3-5,7-10,19-20H,6,11-14H2,1-2H3. The van der Waals surface area contributed by atoms with Crippen LogP contribution >= 0.6 is 0 Å². The average molecular weight is 271 g/mol. The Morgan fingerprint density at radius 2 is 1.80 bits per heavy atom. The number of benzene rings is 2. The largest absolute Gasteiger partial charge is 0.396 e. The van der Waals surface area contributed by atoms with E-state index in [0.29, 0.717) is 0 Å². The predicted molar refractivity (Wildman–Crippen MR) is 85.8 cm³/mol. The Labute approximate surface area is 121 Å². The lowest BCUT2D eigenvalue weighted by Crippen LogP contribution is -2.29. The van der Waals surface area contributed by atoms with Crippen molar-refractivity contribution in [3.63, 3.8) is 0 Å². The van der Waals surface area contributed by atoms with Crippen LogP contribution in [0.3, 0.4) is 0 Å². The number of hydrogen-bond acceptors (Lipinski definition) is 2. The summed E-state index contributed by atoms with van der Waals surface area (Å²) in [5.74, 6) is 0. The molecule has 0 fully saturated rings. The molecular weight excluding hydrogens is 246 g/mol. The van der Waals surface area contributed by atoms with Crippen LogP contribution in [0.15, 0.2) is 42.5 Å². The van der Waals surface area contributed by atoms with Gasteiger partial charge in [0.25, 0.3) is 0 Å². The zero-order valence-electron chi connectivity index (χ0n) is 12.5. The molecule has 2 nitrogen and oxygen atoms in total. The lowest BCUT2D eigenvalue weighted by molar-refractivity contribution is 0.236. The smallest absolute Gasteiger partial charge is 0.0431 e. The van der Waals surface area contributed by atoms with Crippen molar-refractivity contribution >= 4 is 10.8 Å². The monoisotopic (exact) mass is 271 g/mol. The molecule has 0 aliphatic rings. The summed E-state index contributed by atoms with van der Waals surface area (Å²) in [6.45, 7) is 6.64. The van der Waals surface area contributed by atoms with Gasteiger partial charge >= 0.3 is 0 Å². The van der Waals surface area contributed by atoms with Crippen molar-refractivity contribution in [3.8, 4) is 0 Å². The van der Waals surface area contributed by atoms with Crippen LogP contribution in [-0.4, -0.2) is 18.3 Å². The second kappa shape index (κ2) is 6.87. The number of hydrogen-bond donors (Lipinski definition) is 2. The minimum Gasteiger partial charge on any atom is -0.396 e. The van der Waals surface area contributed by atoms with E-state index in [1.54, 1.807) is 0 Å². The first-order valence-corrected chi connectivity index (χ1v) is 7.41. The third-order valence-electron chi connectivity index (χ3n) is 3.81. The molecule has 0 aliphatic carbocycles. The van der Waals surface area contributed by atoms with E-state index in [9.17, 15) is 0 Å². The van der Waals surface area contributed by atoms with Gasteiger partial charge in [-0.05, 0) is 34.6 Å². The van der Waals surface area contributed by atoms with Crippen LogP contribution in [0.5, 0.6) is 0 Å². The van der Waals surface area contributed by atoms with Gasteiger partial charge in [-0.15, -0.1) is 0 Å². The highest BCUT2D eigenvalue weighted by atomic mass is 16.2. The molecule has 0 radical (unpaired) electrons. The molecule has 2 heteroatoms. The molecule has 0 saturated heterocycles. The van der Waals surface area contributed by atoms with Crippen molar-refractivity contribution in [2.24, 2.45) is 5.41 Å². The fraction of sp³-hybridized carbons (Fsp3) is 0.444. The van der Waals surface area contributed by atoms with Gasteiger partial charge in [-0.2, -0.15) is 0 Å². The van der Waals surface area contributed by atoms with E-state index >= 15 is 0 Å². The Hall–Kier alpha value is -1.38. The maximum atomic E-state index is 8.93. The van der Waals surface area contributed by atoms with Gasteiger partial charge < -0.3 is 10.4 Å². The molecule has 0 atom stereocenters. The van der Waals surface area contributed by atoms with E-state index in [1.807, 2.05) is 0 Å².